The van der Waals surface area contributed by atoms with Crippen molar-refractivity contribution in [3.05, 3.63) is 48.0 Å². The number of rotatable bonds is 9. The van der Waals surface area contributed by atoms with Crippen LogP contribution in [0.5, 0.6) is 17.2 Å². The Labute approximate surface area is 151 Å². The van der Waals surface area contributed by atoms with Gasteiger partial charge in [-0.05, 0) is 42.8 Å². The minimum atomic E-state index is -1.10. The van der Waals surface area contributed by atoms with E-state index in [9.17, 15) is 9.59 Å². The van der Waals surface area contributed by atoms with E-state index in [-0.39, 0.29) is 23.8 Å². The third kappa shape index (κ3) is 5.41. The lowest BCUT2D eigenvalue weighted by molar-refractivity contribution is -0.118. The summed E-state index contributed by atoms with van der Waals surface area (Å²) in [5.41, 5.74) is 0.441. The molecule has 0 radical (unpaired) electrons. The standard InChI is InChI=1S/C19H21NO6/c1-3-10-25-14-5-7-15(8-6-14)26-12-18(21)20-13-4-9-16(19(22)23)17(11-13)24-2/h4-9,11H,3,10,12H2,1-2H3,(H,20,21)(H,22,23). The smallest absolute Gasteiger partial charge is 0.339 e. The lowest BCUT2D eigenvalue weighted by Gasteiger charge is -2.10. The summed E-state index contributed by atoms with van der Waals surface area (Å²) in [4.78, 5) is 23.1. The predicted molar refractivity (Wildman–Crippen MR) is 96.3 cm³/mol. The zero-order valence-corrected chi connectivity index (χ0v) is 14.7. The van der Waals surface area contributed by atoms with Crippen molar-refractivity contribution in [2.75, 3.05) is 25.6 Å². The number of carbonyl (C=O) groups is 2. The number of hydrogen-bond donors (Lipinski definition) is 2. The van der Waals surface area contributed by atoms with Crippen LogP contribution in [0.25, 0.3) is 0 Å². The Bertz CT molecular complexity index is 757. The average Bonchev–Trinajstić information content (AvgIpc) is 2.65. The van der Waals surface area contributed by atoms with Crippen LogP contribution in [-0.4, -0.2) is 37.3 Å². The van der Waals surface area contributed by atoms with E-state index in [1.165, 1.54) is 25.3 Å². The minimum absolute atomic E-state index is 0.0205. The van der Waals surface area contributed by atoms with Crippen LogP contribution in [0.2, 0.25) is 0 Å². The van der Waals surface area contributed by atoms with Crippen molar-refractivity contribution in [3.63, 3.8) is 0 Å². The van der Waals surface area contributed by atoms with Gasteiger partial charge in [-0.2, -0.15) is 0 Å². The van der Waals surface area contributed by atoms with Gasteiger partial charge in [0.15, 0.2) is 6.61 Å². The van der Waals surface area contributed by atoms with Gasteiger partial charge in [0.1, 0.15) is 22.8 Å². The molecule has 26 heavy (non-hydrogen) atoms. The molecule has 0 spiro atoms. The molecule has 7 heteroatoms. The highest BCUT2D eigenvalue weighted by molar-refractivity contribution is 5.95. The van der Waals surface area contributed by atoms with Crippen molar-refractivity contribution < 1.29 is 28.9 Å². The summed E-state index contributed by atoms with van der Waals surface area (Å²) in [6, 6.07) is 11.3. The van der Waals surface area contributed by atoms with Gasteiger partial charge in [-0.25, -0.2) is 4.79 Å². The van der Waals surface area contributed by atoms with Gasteiger partial charge in [-0.1, -0.05) is 6.92 Å². The molecule has 2 N–H and O–H groups in total. The lowest BCUT2D eigenvalue weighted by Crippen LogP contribution is -2.20. The van der Waals surface area contributed by atoms with Gasteiger partial charge in [0.2, 0.25) is 0 Å². The first kappa shape index (κ1) is 19.1. The molecule has 138 valence electrons. The van der Waals surface area contributed by atoms with Crippen molar-refractivity contribution in [1.29, 1.82) is 0 Å². The Morgan fingerprint density at radius 2 is 1.69 bits per heavy atom. The Balaban J connectivity index is 1.89. The highest BCUT2D eigenvalue weighted by Gasteiger charge is 2.12. The van der Waals surface area contributed by atoms with Crippen LogP contribution < -0.4 is 19.5 Å². The first-order chi connectivity index (χ1) is 12.5. The Kier molecular flexibility index (Phi) is 6.84. The van der Waals surface area contributed by atoms with E-state index >= 15 is 0 Å². The molecular weight excluding hydrogens is 338 g/mol. The number of nitrogens with one attached hydrogen (secondary N) is 1. The highest BCUT2D eigenvalue weighted by Crippen LogP contribution is 2.23. The van der Waals surface area contributed by atoms with E-state index in [4.69, 9.17) is 19.3 Å². The summed E-state index contributed by atoms with van der Waals surface area (Å²) in [5.74, 6) is -0.0215. The maximum absolute atomic E-state index is 12.0. The molecule has 1 amide bonds. The molecule has 0 atom stereocenters. The van der Waals surface area contributed by atoms with Gasteiger partial charge in [0.05, 0.1) is 13.7 Å². The molecule has 0 fully saturated rings. The van der Waals surface area contributed by atoms with E-state index in [0.29, 0.717) is 18.0 Å². The van der Waals surface area contributed by atoms with Crippen LogP contribution in [0.15, 0.2) is 42.5 Å². The van der Waals surface area contributed by atoms with Gasteiger partial charge in [-0.15, -0.1) is 0 Å². The zero-order valence-electron chi connectivity index (χ0n) is 14.7. The Hall–Kier alpha value is -3.22. The third-order valence-electron chi connectivity index (χ3n) is 3.38. The van der Waals surface area contributed by atoms with Gasteiger partial charge in [-0.3, -0.25) is 4.79 Å². The SMILES string of the molecule is CCCOc1ccc(OCC(=O)Nc2ccc(C(=O)O)c(OC)c2)cc1. The molecule has 0 saturated carbocycles. The molecule has 2 aromatic rings. The molecule has 2 aromatic carbocycles. The summed E-state index contributed by atoms with van der Waals surface area (Å²) >= 11 is 0. The molecule has 0 aliphatic rings. The summed E-state index contributed by atoms with van der Waals surface area (Å²) < 4.78 is 15.9. The van der Waals surface area contributed by atoms with E-state index in [1.54, 1.807) is 24.3 Å². The number of carboxylic acid groups (broad SMARTS) is 1. The first-order valence-corrected chi connectivity index (χ1v) is 8.10. The summed E-state index contributed by atoms with van der Waals surface area (Å²) in [7, 11) is 1.37. The molecule has 0 unspecified atom stereocenters. The lowest BCUT2D eigenvalue weighted by atomic mass is 10.2. The fourth-order valence-corrected chi connectivity index (χ4v) is 2.14. The van der Waals surface area contributed by atoms with Gasteiger partial charge >= 0.3 is 5.97 Å². The average molecular weight is 359 g/mol. The number of amides is 1. The fraction of sp³-hybridized carbons (Fsp3) is 0.263. The summed E-state index contributed by atoms with van der Waals surface area (Å²) in [6.07, 6.45) is 0.927. The molecule has 0 saturated heterocycles. The molecular formula is C19H21NO6. The highest BCUT2D eigenvalue weighted by atomic mass is 16.5. The van der Waals surface area contributed by atoms with Crippen LogP contribution in [0, 0.1) is 0 Å². The summed E-state index contributed by atoms with van der Waals surface area (Å²) in [6.45, 7) is 2.49. The second-order valence-corrected chi connectivity index (χ2v) is 5.38. The first-order valence-electron chi connectivity index (χ1n) is 8.10. The Morgan fingerprint density at radius 1 is 1.04 bits per heavy atom. The van der Waals surface area contributed by atoms with Gasteiger partial charge in [0.25, 0.3) is 5.91 Å². The van der Waals surface area contributed by atoms with Crippen molar-refractivity contribution >= 4 is 17.6 Å². The number of hydrogen-bond acceptors (Lipinski definition) is 5. The van der Waals surface area contributed by atoms with Crippen LogP contribution >= 0.6 is 0 Å². The van der Waals surface area contributed by atoms with Crippen LogP contribution in [0.1, 0.15) is 23.7 Å². The summed E-state index contributed by atoms with van der Waals surface area (Å²) in [5, 5.41) is 11.7. The molecule has 2 rings (SSSR count). The number of carboxylic acids is 1. The maximum atomic E-state index is 12.0. The number of carbonyl (C=O) groups excluding carboxylic acids is 1. The van der Waals surface area contributed by atoms with E-state index in [2.05, 4.69) is 5.32 Å². The number of anilines is 1. The second kappa shape index (κ2) is 9.31. The zero-order chi connectivity index (χ0) is 18.9. The third-order valence-corrected chi connectivity index (χ3v) is 3.38. The quantitative estimate of drug-likeness (QED) is 0.714. The van der Waals surface area contributed by atoms with E-state index in [1.807, 2.05) is 6.92 Å². The number of benzene rings is 2. The fourth-order valence-electron chi connectivity index (χ4n) is 2.14. The molecule has 0 aliphatic heterocycles. The van der Waals surface area contributed by atoms with Gasteiger partial charge in [0, 0.05) is 11.8 Å². The maximum Gasteiger partial charge on any atom is 0.339 e. The molecule has 0 aromatic heterocycles. The number of aromatic carboxylic acids is 1. The molecule has 0 bridgehead atoms. The monoisotopic (exact) mass is 359 g/mol. The van der Waals surface area contributed by atoms with Crippen LogP contribution in [-0.2, 0) is 4.79 Å². The Morgan fingerprint density at radius 3 is 2.27 bits per heavy atom. The molecule has 7 nitrogen and oxygen atoms in total. The van der Waals surface area contributed by atoms with Crippen molar-refractivity contribution in [2.45, 2.75) is 13.3 Å². The van der Waals surface area contributed by atoms with Gasteiger partial charge < -0.3 is 24.6 Å². The second-order valence-electron chi connectivity index (χ2n) is 5.38. The molecule has 0 heterocycles. The van der Waals surface area contributed by atoms with Crippen molar-refractivity contribution in [3.8, 4) is 17.2 Å². The number of ether oxygens (including phenoxy) is 3. The van der Waals surface area contributed by atoms with E-state index < -0.39 is 5.97 Å². The van der Waals surface area contributed by atoms with Crippen LogP contribution in [0.3, 0.4) is 0 Å². The molecule has 0 aliphatic carbocycles. The minimum Gasteiger partial charge on any atom is -0.496 e. The largest absolute Gasteiger partial charge is 0.496 e. The van der Waals surface area contributed by atoms with Crippen LogP contribution in [0.4, 0.5) is 5.69 Å². The normalized spacial score (nSPS) is 10.1. The van der Waals surface area contributed by atoms with E-state index in [0.717, 1.165) is 12.2 Å². The van der Waals surface area contributed by atoms with Crippen molar-refractivity contribution in [2.24, 2.45) is 0 Å². The topological polar surface area (TPSA) is 94.1 Å². The van der Waals surface area contributed by atoms with Crippen molar-refractivity contribution in [1.82, 2.24) is 0 Å². The number of methoxy groups -OCH3 is 1. The predicted octanol–water partition coefficient (Wildman–Crippen LogP) is 3.20.